The van der Waals surface area contributed by atoms with Crippen molar-refractivity contribution in [2.75, 3.05) is 7.11 Å². The number of hydrogen-bond donors (Lipinski definition) is 0. The lowest BCUT2D eigenvalue weighted by atomic mass is 10.4. The van der Waals surface area contributed by atoms with Crippen LogP contribution in [0.1, 0.15) is 6.92 Å². The van der Waals surface area contributed by atoms with Gasteiger partial charge in [-0.2, -0.15) is 4.98 Å². The highest BCUT2D eigenvalue weighted by atomic mass is 16.5. The number of nitrogens with zero attached hydrogens (tertiary/aromatic N) is 2. The molecule has 0 atom stereocenters. The quantitative estimate of drug-likeness (QED) is 0.694. The Labute approximate surface area is 86.3 Å². The van der Waals surface area contributed by atoms with Crippen molar-refractivity contribution in [1.82, 2.24) is 9.38 Å². The summed E-state index contributed by atoms with van der Waals surface area (Å²) in [6, 6.07) is 3.55. The van der Waals surface area contributed by atoms with E-state index in [2.05, 4.69) is 4.98 Å². The van der Waals surface area contributed by atoms with Crippen molar-refractivity contribution in [2.45, 2.75) is 6.92 Å². The van der Waals surface area contributed by atoms with Gasteiger partial charge >= 0.3 is 5.97 Å². The van der Waals surface area contributed by atoms with E-state index < -0.39 is 0 Å². The summed E-state index contributed by atoms with van der Waals surface area (Å²) in [4.78, 5) is 14.8. The maximum atomic E-state index is 10.7. The normalized spacial score (nSPS) is 10.3. The summed E-state index contributed by atoms with van der Waals surface area (Å²) in [6.45, 7) is 1.34. The van der Waals surface area contributed by atoms with Crippen molar-refractivity contribution in [2.24, 2.45) is 0 Å². The molecule has 0 spiro atoms. The molecule has 0 unspecified atom stereocenters. The molecule has 0 saturated carbocycles. The first-order valence-corrected chi connectivity index (χ1v) is 4.40. The van der Waals surface area contributed by atoms with Gasteiger partial charge in [0.15, 0.2) is 0 Å². The van der Waals surface area contributed by atoms with Crippen LogP contribution < -0.4 is 9.47 Å². The molecule has 0 aliphatic rings. The molecule has 2 aromatic rings. The minimum atomic E-state index is -0.384. The van der Waals surface area contributed by atoms with Crippen LogP contribution in [0, 0.1) is 0 Å². The van der Waals surface area contributed by atoms with Crippen molar-refractivity contribution < 1.29 is 14.3 Å². The van der Waals surface area contributed by atoms with Crippen LogP contribution in [0.25, 0.3) is 5.65 Å². The minimum Gasteiger partial charge on any atom is -0.497 e. The van der Waals surface area contributed by atoms with Gasteiger partial charge in [-0.3, -0.25) is 4.79 Å². The number of carbonyl (C=O) groups is 1. The number of methoxy groups -OCH3 is 1. The SMILES string of the molecule is COc1ccn2cc(OC(C)=O)nc2c1. The fourth-order valence-electron chi connectivity index (χ4n) is 1.26. The van der Waals surface area contributed by atoms with E-state index in [-0.39, 0.29) is 11.8 Å². The number of pyridine rings is 1. The van der Waals surface area contributed by atoms with Gasteiger partial charge in [0.2, 0.25) is 5.88 Å². The smallest absolute Gasteiger partial charge is 0.309 e. The third-order valence-corrected chi connectivity index (χ3v) is 1.89. The number of esters is 1. The third-order valence-electron chi connectivity index (χ3n) is 1.89. The average Bonchev–Trinajstić information content (AvgIpc) is 2.57. The fourth-order valence-corrected chi connectivity index (χ4v) is 1.26. The molecular formula is C10H10N2O3. The molecule has 0 radical (unpaired) electrons. The first-order chi connectivity index (χ1) is 7.19. The molecule has 2 heterocycles. The molecule has 2 rings (SSSR count). The largest absolute Gasteiger partial charge is 0.497 e. The number of fused-ring (bicyclic) bond motifs is 1. The summed E-state index contributed by atoms with van der Waals surface area (Å²) in [5.41, 5.74) is 0.672. The molecule has 0 aliphatic heterocycles. The topological polar surface area (TPSA) is 52.8 Å². The summed E-state index contributed by atoms with van der Waals surface area (Å²) < 4.78 is 11.7. The summed E-state index contributed by atoms with van der Waals surface area (Å²) in [7, 11) is 1.59. The van der Waals surface area contributed by atoms with Gasteiger partial charge in [0.05, 0.1) is 13.3 Å². The van der Waals surface area contributed by atoms with Crippen molar-refractivity contribution >= 4 is 11.6 Å². The van der Waals surface area contributed by atoms with Crippen LogP contribution in [0.5, 0.6) is 11.6 Å². The first-order valence-electron chi connectivity index (χ1n) is 4.40. The summed E-state index contributed by atoms with van der Waals surface area (Å²) >= 11 is 0. The Kier molecular flexibility index (Phi) is 2.29. The van der Waals surface area contributed by atoms with Gasteiger partial charge in [-0.15, -0.1) is 0 Å². The van der Waals surface area contributed by atoms with Crippen LogP contribution in [-0.4, -0.2) is 22.5 Å². The van der Waals surface area contributed by atoms with Gasteiger partial charge in [0.25, 0.3) is 0 Å². The Bertz CT molecular complexity index is 504. The highest BCUT2D eigenvalue weighted by molar-refractivity contribution is 5.69. The van der Waals surface area contributed by atoms with Crippen molar-refractivity contribution in [1.29, 1.82) is 0 Å². The second-order valence-electron chi connectivity index (χ2n) is 3.00. The minimum absolute atomic E-state index is 0.288. The van der Waals surface area contributed by atoms with Crippen LogP contribution in [0.4, 0.5) is 0 Å². The Hall–Kier alpha value is -2.04. The predicted molar refractivity (Wildman–Crippen MR) is 53.1 cm³/mol. The molecular weight excluding hydrogens is 196 g/mol. The number of rotatable bonds is 2. The van der Waals surface area contributed by atoms with Gasteiger partial charge in [-0.1, -0.05) is 0 Å². The van der Waals surface area contributed by atoms with E-state index in [1.807, 2.05) is 0 Å². The molecule has 0 amide bonds. The lowest BCUT2D eigenvalue weighted by Crippen LogP contribution is -2.00. The summed E-state index contributed by atoms with van der Waals surface area (Å²) in [6.07, 6.45) is 3.42. The number of carbonyl (C=O) groups excluding carboxylic acids is 1. The fraction of sp³-hybridized carbons (Fsp3) is 0.200. The molecule has 15 heavy (non-hydrogen) atoms. The zero-order chi connectivity index (χ0) is 10.8. The van der Waals surface area contributed by atoms with Crippen LogP contribution in [-0.2, 0) is 4.79 Å². The second kappa shape index (κ2) is 3.61. The number of hydrogen-bond acceptors (Lipinski definition) is 4. The molecule has 0 fully saturated rings. The van der Waals surface area contributed by atoms with E-state index >= 15 is 0 Å². The van der Waals surface area contributed by atoms with Gasteiger partial charge < -0.3 is 13.9 Å². The van der Waals surface area contributed by atoms with E-state index in [0.717, 1.165) is 0 Å². The number of ether oxygens (including phenoxy) is 2. The predicted octanol–water partition coefficient (Wildman–Crippen LogP) is 1.27. The van der Waals surface area contributed by atoms with E-state index in [1.54, 1.807) is 36.0 Å². The maximum Gasteiger partial charge on any atom is 0.309 e. The zero-order valence-electron chi connectivity index (χ0n) is 8.43. The van der Waals surface area contributed by atoms with Gasteiger partial charge in [-0.05, 0) is 6.07 Å². The van der Waals surface area contributed by atoms with Crippen molar-refractivity contribution in [3.8, 4) is 11.6 Å². The number of aromatic nitrogens is 2. The highest BCUT2D eigenvalue weighted by Gasteiger charge is 2.05. The van der Waals surface area contributed by atoms with Crippen LogP contribution in [0.15, 0.2) is 24.5 Å². The lowest BCUT2D eigenvalue weighted by molar-refractivity contribution is -0.132. The van der Waals surface area contributed by atoms with E-state index in [1.165, 1.54) is 6.92 Å². The van der Waals surface area contributed by atoms with Gasteiger partial charge in [0, 0.05) is 19.2 Å². The first kappa shape index (κ1) is 9.51. The maximum absolute atomic E-state index is 10.7. The summed E-state index contributed by atoms with van der Waals surface area (Å²) in [5.74, 6) is 0.614. The van der Waals surface area contributed by atoms with Gasteiger partial charge in [0.1, 0.15) is 11.4 Å². The molecule has 0 bridgehead atoms. The van der Waals surface area contributed by atoms with E-state index in [0.29, 0.717) is 11.4 Å². The Morgan fingerprint density at radius 2 is 2.33 bits per heavy atom. The highest BCUT2D eigenvalue weighted by Crippen LogP contribution is 2.17. The molecule has 0 N–H and O–H groups in total. The molecule has 0 saturated heterocycles. The molecule has 5 nitrogen and oxygen atoms in total. The monoisotopic (exact) mass is 206 g/mol. The van der Waals surface area contributed by atoms with Crippen LogP contribution in [0.2, 0.25) is 0 Å². The molecule has 5 heteroatoms. The van der Waals surface area contributed by atoms with Crippen LogP contribution in [0.3, 0.4) is 0 Å². The standard InChI is InChI=1S/C10H10N2O3/c1-7(13)15-10-6-12-4-3-8(14-2)5-9(12)11-10/h3-6H,1-2H3. The molecule has 2 aromatic heterocycles. The molecule has 0 aliphatic carbocycles. The lowest BCUT2D eigenvalue weighted by Gasteiger charge is -1.98. The van der Waals surface area contributed by atoms with E-state index in [9.17, 15) is 4.79 Å². The van der Waals surface area contributed by atoms with Crippen molar-refractivity contribution in [3.63, 3.8) is 0 Å². The Morgan fingerprint density at radius 3 is 3.00 bits per heavy atom. The Morgan fingerprint density at radius 1 is 1.53 bits per heavy atom. The molecule has 0 aromatic carbocycles. The van der Waals surface area contributed by atoms with Crippen molar-refractivity contribution in [3.05, 3.63) is 24.5 Å². The van der Waals surface area contributed by atoms with E-state index in [4.69, 9.17) is 9.47 Å². The average molecular weight is 206 g/mol. The second-order valence-corrected chi connectivity index (χ2v) is 3.00. The summed E-state index contributed by atoms with van der Waals surface area (Å²) in [5, 5.41) is 0. The molecule has 78 valence electrons. The van der Waals surface area contributed by atoms with Crippen LogP contribution >= 0.6 is 0 Å². The number of imidazole rings is 1. The Balaban J connectivity index is 2.42. The third kappa shape index (κ3) is 1.90. The van der Waals surface area contributed by atoms with Gasteiger partial charge in [-0.25, -0.2) is 0 Å². The zero-order valence-corrected chi connectivity index (χ0v) is 8.43.